The standard InChI is InChI=1S/C10H12N2.C9H10N2/c1-2-7-3-4-9(11)8-5-6-12-10(7)8;1-6-2-3-8(10)7-4-5-11-9(6)7/h3-6,12H,2,11H2,1H3;2-5,11H,10H2,1H3. The molecule has 0 bridgehead atoms. The van der Waals surface area contributed by atoms with Gasteiger partial charge in [-0.1, -0.05) is 19.1 Å². The Bertz CT molecular complexity index is 910. The highest BCUT2D eigenvalue weighted by Crippen LogP contribution is 2.23. The molecule has 0 aliphatic carbocycles. The van der Waals surface area contributed by atoms with Gasteiger partial charge in [0.15, 0.2) is 0 Å². The molecule has 0 aliphatic heterocycles. The molecule has 4 aromatic rings. The molecule has 0 atom stereocenters. The van der Waals surface area contributed by atoms with E-state index >= 15 is 0 Å². The fourth-order valence-corrected chi connectivity index (χ4v) is 2.86. The van der Waals surface area contributed by atoms with E-state index < -0.39 is 0 Å². The van der Waals surface area contributed by atoms with Crippen molar-refractivity contribution in [2.24, 2.45) is 0 Å². The van der Waals surface area contributed by atoms with Crippen LogP contribution in [0.3, 0.4) is 0 Å². The maximum Gasteiger partial charge on any atom is 0.0507 e. The minimum atomic E-state index is 0.840. The molecule has 0 radical (unpaired) electrons. The van der Waals surface area contributed by atoms with Crippen LogP contribution in [0.2, 0.25) is 0 Å². The second-order valence-electron chi connectivity index (χ2n) is 5.67. The molecule has 6 N–H and O–H groups in total. The Morgan fingerprint density at radius 1 is 0.783 bits per heavy atom. The maximum atomic E-state index is 5.80. The van der Waals surface area contributed by atoms with E-state index in [1.165, 1.54) is 16.6 Å². The average Bonchev–Trinajstić information content (AvgIpc) is 3.22. The van der Waals surface area contributed by atoms with Gasteiger partial charge >= 0.3 is 0 Å². The van der Waals surface area contributed by atoms with E-state index in [1.807, 2.05) is 42.7 Å². The molecule has 0 spiro atoms. The Balaban J connectivity index is 0.000000136. The molecule has 118 valence electrons. The summed E-state index contributed by atoms with van der Waals surface area (Å²) >= 11 is 0. The van der Waals surface area contributed by atoms with Gasteiger partial charge < -0.3 is 21.4 Å². The fourth-order valence-electron chi connectivity index (χ4n) is 2.86. The second-order valence-corrected chi connectivity index (χ2v) is 5.67. The highest BCUT2D eigenvalue weighted by molar-refractivity contribution is 5.93. The van der Waals surface area contributed by atoms with E-state index in [2.05, 4.69) is 29.9 Å². The van der Waals surface area contributed by atoms with Crippen molar-refractivity contribution >= 4 is 33.2 Å². The summed E-state index contributed by atoms with van der Waals surface area (Å²) in [5.74, 6) is 0. The lowest BCUT2D eigenvalue weighted by atomic mass is 10.1. The number of fused-ring (bicyclic) bond motifs is 2. The first-order valence-corrected chi connectivity index (χ1v) is 7.78. The lowest BCUT2D eigenvalue weighted by Crippen LogP contribution is -1.88. The largest absolute Gasteiger partial charge is 0.398 e. The molecule has 0 unspecified atom stereocenters. The van der Waals surface area contributed by atoms with Gasteiger partial charge in [-0.05, 0) is 48.7 Å². The van der Waals surface area contributed by atoms with Crippen LogP contribution in [0.5, 0.6) is 0 Å². The third-order valence-electron chi connectivity index (χ3n) is 4.19. The number of hydrogen-bond acceptors (Lipinski definition) is 2. The zero-order valence-electron chi connectivity index (χ0n) is 13.5. The molecule has 23 heavy (non-hydrogen) atoms. The normalized spacial score (nSPS) is 10.7. The number of anilines is 2. The molecule has 0 saturated heterocycles. The molecule has 2 aromatic carbocycles. The van der Waals surface area contributed by atoms with E-state index in [0.29, 0.717) is 0 Å². The summed E-state index contributed by atoms with van der Waals surface area (Å²) in [7, 11) is 0. The van der Waals surface area contributed by atoms with Crippen LogP contribution in [0.4, 0.5) is 11.4 Å². The van der Waals surface area contributed by atoms with Gasteiger partial charge in [-0.15, -0.1) is 0 Å². The van der Waals surface area contributed by atoms with Crippen LogP contribution in [0, 0.1) is 6.92 Å². The summed E-state index contributed by atoms with van der Waals surface area (Å²) in [5.41, 5.74) is 18.1. The minimum Gasteiger partial charge on any atom is -0.398 e. The van der Waals surface area contributed by atoms with Crippen molar-refractivity contribution in [1.29, 1.82) is 0 Å². The molecule has 2 aromatic heterocycles. The van der Waals surface area contributed by atoms with Gasteiger partial charge in [0.25, 0.3) is 0 Å². The van der Waals surface area contributed by atoms with Crippen molar-refractivity contribution in [3.05, 3.63) is 59.9 Å². The van der Waals surface area contributed by atoms with Crippen LogP contribution >= 0.6 is 0 Å². The van der Waals surface area contributed by atoms with Crippen LogP contribution < -0.4 is 11.5 Å². The van der Waals surface area contributed by atoms with Crippen molar-refractivity contribution in [3.8, 4) is 0 Å². The van der Waals surface area contributed by atoms with Crippen LogP contribution in [-0.2, 0) is 6.42 Å². The summed E-state index contributed by atoms with van der Waals surface area (Å²) < 4.78 is 0. The van der Waals surface area contributed by atoms with Crippen molar-refractivity contribution in [2.45, 2.75) is 20.3 Å². The van der Waals surface area contributed by atoms with E-state index in [9.17, 15) is 0 Å². The Kier molecular flexibility index (Phi) is 3.98. The van der Waals surface area contributed by atoms with Gasteiger partial charge in [0.2, 0.25) is 0 Å². The monoisotopic (exact) mass is 306 g/mol. The van der Waals surface area contributed by atoms with Crippen LogP contribution in [0.15, 0.2) is 48.8 Å². The number of aryl methyl sites for hydroxylation is 2. The average molecular weight is 306 g/mol. The van der Waals surface area contributed by atoms with Gasteiger partial charge in [0, 0.05) is 34.5 Å². The topological polar surface area (TPSA) is 83.6 Å². The summed E-state index contributed by atoms with van der Waals surface area (Å²) in [6.45, 7) is 4.21. The SMILES string of the molecule is CCc1ccc(N)c2cc[nH]c12.Cc1ccc(N)c2cc[nH]c12. The third kappa shape index (κ3) is 2.75. The van der Waals surface area contributed by atoms with Crippen molar-refractivity contribution in [2.75, 3.05) is 11.5 Å². The summed E-state index contributed by atoms with van der Waals surface area (Å²) in [4.78, 5) is 6.35. The Labute approximate surface area is 135 Å². The predicted octanol–water partition coefficient (Wildman–Crippen LogP) is 4.37. The highest BCUT2D eigenvalue weighted by atomic mass is 14.7. The number of nitrogens with one attached hydrogen (secondary N) is 2. The third-order valence-corrected chi connectivity index (χ3v) is 4.19. The number of rotatable bonds is 1. The fraction of sp³-hybridized carbons (Fsp3) is 0.158. The molecule has 4 heteroatoms. The molecule has 0 amide bonds. The van der Waals surface area contributed by atoms with Crippen molar-refractivity contribution in [3.63, 3.8) is 0 Å². The Morgan fingerprint density at radius 3 is 1.96 bits per heavy atom. The first kappa shape index (κ1) is 15.0. The number of H-pyrrole nitrogens is 2. The number of aromatic amines is 2. The zero-order valence-corrected chi connectivity index (χ0v) is 13.5. The Hall–Kier alpha value is -2.88. The van der Waals surface area contributed by atoms with Gasteiger partial charge in [0.05, 0.1) is 11.0 Å². The second kappa shape index (κ2) is 6.08. The lowest BCUT2D eigenvalue weighted by Gasteiger charge is -2.01. The summed E-state index contributed by atoms with van der Waals surface area (Å²) in [6.07, 6.45) is 4.88. The maximum absolute atomic E-state index is 5.80. The molecular formula is C19H22N4. The molecule has 0 fully saturated rings. The molecular weight excluding hydrogens is 284 g/mol. The quantitative estimate of drug-likeness (QED) is 0.394. The molecule has 0 saturated carbocycles. The summed E-state index contributed by atoms with van der Waals surface area (Å²) in [5, 5.41) is 2.25. The van der Waals surface area contributed by atoms with E-state index in [1.54, 1.807) is 0 Å². The summed E-state index contributed by atoms with van der Waals surface area (Å²) in [6, 6.07) is 12.0. The number of nitrogen functional groups attached to an aromatic ring is 2. The molecule has 4 nitrogen and oxygen atoms in total. The zero-order chi connectivity index (χ0) is 16.4. The minimum absolute atomic E-state index is 0.840. The van der Waals surface area contributed by atoms with E-state index in [0.717, 1.165) is 34.1 Å². The van der Waals surface area contributed by atoms with Gasteiger partial charge in [0.1, 0.15) is 0 Å². The van der Waals surface area contributed by atoms with Crippen LogP contribution in [0.25, 0.3) is 21.8 Å². The molecule has 4 rings (SSSR count). The van der Waals surface area contributed by atoms with Crippen molar-refractivity contribution in [1.82, 2.24) is 9.97 Å². The van der Waals surface area contributed by atoms with Crippen LogP contribution in [0.1, 0.15) is 18.1 Å². The van der Waals surface area contributed by atoms with Crippen LogP contribution in [-0.4, -0.2) is 9.97 Å². The number of hydrogen-bond donors (Lipinski definition) is 4. The first-order valence-electron chi connectivity index (χ1n) is 7.78. The number of aromatic nitrogens is 2. The van der Waals surface area contributed by atoms with Crippen molar-refractivity contribution < 1.29 is 0 Å². The lowest BCUT2D eigenvalue weighted by molar-refractivity contribution is 1.15. The first-order chi connectivity index (χ1) is 11.1. The predicted molar refractivity (Wildman–Crippen MR) is 99.5 cm³/mol. The number of nitrogens with two attached hydrogens (primary N) is 2. The highest BCUT2D eigenvalue weighted by Gasteiger charge is 2.02. The molecule has 0 aliphatic rings. The van der Waals surface area contributed by atoms with Gasteiger partial charge in [-0.3, -0.25) is 0 Å². The van der Waals surface area contributed by atoms with E-state index in [-0.39, 0.29) is 0 Å². The molecule has 2 heterocycles. The Morgan fingerprint density at radius 2 is 1.35 bits per heavy atom. The van der Waals surface area contributed by atoms with E-state index in [4.69, 9.17) is 11.5 Å². The smallest absolute Gasteiger partial charge is 0.0507 e. The van der Waals surface area contributed by atoms with Gasteiger partial charge in [-0.2, -0.15) is 0 Å². The van der Waals surface area contributed by atoms with Gasteiger partial charge in [-0.25, -0.2) is 0 Å². The number of benzene rings is 2.